The fourth-order valence-electron chi connectivity index (χ4n) is 9.04. The molecule has 3 aliphatic heterocycles. The zero-order valence-electron chi connectivity index (χ0n) is 34.2. The Labute approximate surface area is 361 Å². The lowest BCUT2D eigenvalue weighted by atomic mass is 9.90. The number of imide groups is 2. The highest BCUT2D eigenvalue weighted by atomic mass is 35.5. The van der Waals surface area contributed by atoms with Crippen molar-refractivity contribution in [3.63, 3.8) is 0 Å². The summed E-state index contributed by atoms with van der Waals surface area (Å²) in [4.78, 5) is 84.3. The largest absolute Gasteiger partial charge is 0.412 e. The zero-order chi connectivity index (χ0) is 43.8. The van der Waals surface area contributed by atoms with Gasteiger partial charge in [-0.25, -0.2) is 4.79 Å². The highest BCUT2D eigenvalue weighted by Crippen LogP contribution is 2.38. The van der Waals surface area contributed by atoms with E-state index in [1.54, 1.807) is 41.8 Å². The number of carbonyl (C=O) groups excluding carboxylic acids is 6. The molecule has 0 bridgehead atoms. The quantitative estimate of drug-likeness (QED) is 0.192. The Balaban J connectivity index is 0.809. The Morgan fingerprint density at radius 1 is 0.935 bits per heavy atom. The molecule has 5 heterocycles. The summed E-state index contributed by atoms with van der Waals surface area (Å²) in [5.41, 5.74) is 2.36. The number of piperidine rings is 2. The summed E-state index contributed by atoms with van der Waals surface area (Å²) >= 11 is 6.25. The number of hydrogen-bond acceptors (Lipinski definition) is 13. The molecule has 19 heteroatoms. The molecule has 3 fully saturated rings. The number of nitrogens with zero attached hydrogens (tertiary/aromatic N) is 8. The van der Waals surface area contributed by atoms with Crippen LogP contribution in [0.4, 0.5) is 16.3 Å². The molecule has 18 nitrogen and oxygen atoms in total. The maximum absolute atomic E-state index is 13.7. The topological polar surface area (TPSA) is 223 Å². The van der Waals surface area contributed by atoms with Crippen LogP contribution in [0.2, 0.25) is 5.02 Å². The number of aryl methyl sites for hydroxylation is 1. The van der Waals surface area contributed by atoms with Gasteiger partial charge in [0.25, 0.3) is 23.6 Å². The minimum absolute atomic E-state index is 0.0161. The molecule has 0 spiro atoms. The number of carbonyl (C=O) groups is 6. The van der Waals surface area contributed by atoms with Crippen LogP contribution in [0, 0.1) is 11.3 Å². The average Bonchev–Trinajstić information content (AvgIpc) is 3.74. The van der Waals surface area contributed by atoms with Gasteiger partial charge in [-0.05, 0) is 94.3 Å². The van der Waals surface area contributed by atoms with Gasteiger partial charge in [0.05, 0.1) is 21.7 Å². The second-order valence-corrected chi connectivity index (χ2v) is 16.3. The molecule has 1 aliphatic carbocycles. The van der Waals surface area contributed by atoms with Gasteiger partial charge < -0.3 is 34.8 Å². The van der Waals surface area contributed by atoms with E-state index in [4.69, 9.17) is 16.3 Å². The van der Waals surface area contributed by atoms with E-state index < -0.39 is 42.5 Å². The van der Waals surface area contributed by atoms with E-state index in [1.165, 1.54) is 6.07 Å². The Bertz CT molecular complexity index is 2510. The monoisotopic (exact) mass is 864 g/mol. The van der Waals surface area contributed by atoms with Crippen molar-refractivity contribution in [2.24, 2.45) is 0 Å². The van der Waals surface area contributed by atoms with Crippen LogP contribution in [0.1, 0.15) is 95.2 Å². The summed E-state index contributed by atoms with van der Waals surface area (Å²) in [6.45, 7) is 2.42. The fraction of sp³-hybridized carbons (Fsp3) is 0.419. The molecule has 322 valence electrons. The van der Waals surface area contributed by atoms with Crippen molar-refractivity contribution in [1.82, 2.24) is 35.2 Å². The van der Waals surface area contributed by atoms with E-state index in [1.807, 2.05) is 24.1 Å². The minimum Gasteiger partial charge on any atom is -0.410 e. The molecule has 0 radical (unpaired) electrons. The molecule has 4 aliphatic rings. The lowest BCUT2D eigenvalue weighted by Crippen LogP contribution is -2.56. The lowest BCUT2D eigenvalue weighted by Gasteiger charge is -2.36. The summed E-state index contributed by atoms with van der Waals surface area (Å²) in [5.74, 6) is -2.15. The highest BCUT2D eigenvalue weighted by molar-refractivity contribution is 6.32. The summed E-state index contributed by atoms with van der Waals surface area (Å²) in [5, 5.41) is 34.2. The molecule has 2 saturated heterocycles. The van der Waals surface area contributed by atoms with E-state index in [2.05, 4.69) is 31.8 Å². The van der Waals surface area contributed by atoms with Crippen molar-refractivity contribution < 1.29 is 38.6 Å². The molecule has 1 unspecified atom stereocenters. The molecule has 62 heavy (non-hydrogen) atoms. The van der Waals surface area contributed by atoms with Crippen molar-refractivity contribution >= 4 is 69.6 Å². The predicted molar refractivity (Wildman–Crippen MR) is 225 cm³/mol. The number of ether oxygens (including phenoxy) is 1. The number of nitrogens with one attached hydrogen (secondary N) is 2. The Morgan fingerprint density at radius 2 is 1.68 bits per heavy atom. The number of likely N-dealkylation sites (tertiary alicyclic amines) is 1. The standard InChI is InChI=1S/C43H45ClN10O8/c1-3-52-34-21-29(10-11-30(34)37-38(52)42(60)54(41(37)59)33-13-15-36(56)53(23-55)40(33)58)62-43(61)47-26-16-18-51(19-17-26)35-14-12-32(48-49-35)39(57)46-25-5-8-27(9-6-25)50(2)28-7-4-24(22-45)31(44)20-28/h4,7,10-12,14,20-21,25-27,33,55H,3,5-6,8-9,13,15-19,23H2,1-2H3,(H,46,57)(H,47,61). The van der Waals surface area contributed by atoms with Crippen molar-refractivity contribution in [3.05, 3.63) is 76.1 Å². The predicted octanol–water partition coefficient (Wildman–Crippen LogP) is 3.97. The van der Waals surface area contributed by atoms with E-state index >= 15 is 0 Å². The second kappa shape index (κ2) is 17.4. The molecule has 1 saturated carbocycles. The number of benzene rings is 2. The maximum Gasteiger partial charge on any atom is 0.412 e. The lowest BCUT2D eigenvalue weighted by molar-refractivity contribution is -0.155. The van der Waals surface area contributed by atoms with Crippen molar-refractivity contribution in [3.8, 4) is 11.8 Å². The zero-order valence-corrected chi connectivity index (χ0v) is 34.9. The van der Waals surface area contributed by atoms with Gasteiger partial charge in [-0.15, -0.1) is 10.2 Å². The van der Waals surface area contributed by atoms with Gasteiger partial charge in [-0.2, -0.15) is 5.26 Å². The highest BCUT2D eigenvalue weighted by Gasteiger charge is 2.49. The van der Waals surface area contributed by atoms with Gasteiger partial charge in [0.2, 0.25) is 5.91 Å². The van der Waals surface area contributed by atoms with Gasteiger partial charge in [-0.3, -0.25) is 33.8 Å². The van der Waals surface area contributed by atoms with Gasteiger partial charge in [0.1, 0.15) is 30.3 Å². The van der Waals surface area contributed by atoms with Gasteiger partial charge in [0.15, 0.2) is 11.5 Å². The van der Waals surface area contributed by atoms with E-state index in [0.717, 1.165) is 36.3 Å². The summed E-state index contributed by atoms with van der Waals surface area (Å²) < 4.78 is 7.29. The van der Waals surface area contributed by atoms with Crippen LogP contribution in [0.15, 0.2) is 48.5 Å². The number of aromatic nitrogens is 3. The van der Waals surface area contributed by atoms with Crippen LogP contribution in [0.5, 0.6) is 5.75 Å². The SMILES string of the molecule is CCn1c2c(c3ccc(OC(=O)NC4CCN(c5ccc(C(=O)NC6CCC(N(C)c7ccc(C#N)c(Cl)c7)CC6)nn5)CC4)cc31)C(=O)N(C1CCC(=O)N(CO)C1=O)C2=O. The number of anilines is 2. The number of rotatable bonds is 10. The molecule has 2 aromatic carbocycles. The van der Waals surface area contributed by atoms with Gasteiger partial charge in [0, 0.05) is 68.4 Å². The number of halogens is 1. The molecular weight excluding hydrogens is 820 g/mol. The molecule has 4 aromatic rings. The summed E-state index contributed by atoms with van der Waals surface area (Å²) in [7, 11) is 2.02. The van der Waals surface area contributed by atoms with Crippen molar-refractivity contribution in [2.45, 2.75) is 89.0 Å². The third kappa shape index (κ3) is 7.89. The Kier molecular flexibility index (Phi) is 11.8. The molecule has 2 aromatic heterocycles. The van der Waals surface area contributed by atoms with Crippen LogP contribution in [0.25, 0.3) is 10.9 Å². The first-order chi connectivity index (χ1) is 29.9. The molecule has 6 amide bonds. The molecule has 3 N–H and O–H groups in total. The van der Waals surface area contributed by atoms with Crippen LogP contribution in [0.3, 0.4) is 0 Å². The second-order valence-electron chi connectivity index (χ2n) is 15.9. The number of nitriles is 1. The molecule has 1 atom stereocenters. The Morgan fingerprint density at radius 3 is 2.34 bits per heavy atom. The first kappa shape index (κ1) is 42.1. The first-order valence-corrected chi connectivity index (χ1v) is 21.1. The van der Waals surface area contributed by atoms with Crippen LogP contribution >= 0.6 is 11.6 Å². The number of fused-ring (bicyclic) bond motifs is 3. The third-order valence-electron chi connectivity index (χ3n) is 12.4. The fourth-order valence-corrected chi connectivity index (χ4v) is 9.26. The molecular formula is C43H45ClN10O8. The summed E-state index contributed by atoms with van der Waals surface area (Å²) in [6.07, 6.45) is 3.81. The normalized spacial score (nSPS) is 20.6. The van der Waals surface area contributed by atoms with Crippen LogP contribution < -0.4 is 25.2 Å². The molecule has 8 rings (SSSR count). The first-order valence-electron chi connectivity index (χ1n) is 20.7. The smallest absolute Gasteiger partial charge is 0.410 e. The average molecular weight is 865 g/mol. The van der Waals surface area contributed by atoms with E-state index in [-0.39, 0.29) is 59.6 Å². The van der Waals surface area contributed by atoms with E-state index in [9.17, 15) is 39.1 Å². The van der Waals surface area contributed by atoms with Crippen molar-refractivity contribution in [1.29, 1.82) is 5.26 Å². The number of hydrogen-bond donors (Lipinski definition) is 3. The number of aliphatic hydroxyl groups excluding tert-OH is 1. The number of aliphatic hydroxyl groups is 1. The minimum atomic E-state index is -1.21. The third-order valence-corrected chi connectivity index (χ3v) is 12.8. The van der Waals surface area contributed by atoms with Crippen LogP contribution in [-0.4, -0.2) is 116 Å². The van der Waals surface area contributed by atoms with Gasteiger partial charge in [-0.1, -0.05) is 11.6 Å². The number of amides is 6. The maximum atomic E-state index is 13.7. The van der Waals surface area contributed by atoms with Gasteiger partial charge >= 0.3 is 6.09 Å². The van der Waals surface area contributed by atoms with Crippen molar-refractivity contribution in [2.75, 3.05) is 36.7 Å². The van der Waals surface area contributed by atoms with Crippen LogP contribution in [-0.2, 0) is 16.1 Å². The van der Waals surface area contributed by atoms with E-state index in [0.29, 0.717) is 64.7 Å². The Hall–Kier alpha value is -6.58. The summed E-state index contributed by atoms with van der Waals surface area (Å²) in [6, 6.07) is 14.6.